The van der Waals surface area contributed by atoms with Gasteiger partial charge in [-0.3, -0.25) is 0 Å². The molecule has 5 heteroatoms. The zero-order chi connectivity index (χ0) is 15.2. The molecular formula is C15H22N2O3. The molecule has 1 rings (SSSR count). The molecule has 20 heavy (non-hydrogen) atoms. The Bertz CT molecular complexity index is 467. The summed E-state index contributed by atoms with van der Waals surface area (Å²) in [7, 11) is 0. The van der Waals surface area contributed by atoms with Gasteiger partial charge in [-0.05, 0) is 44.4 Å². The van der Waals surface area contributed by atoms with Crippen LogP contribution in [-0.4, -0.2) is 22.6 Å². The molecule has 1 aromatic carbocycles. The summed E-state index contributed by atoms with van der Waals surface area (Å²) in [6.45, 7) is 5.01. The molecule has 0 spiro atoms. The van der Waals surface area contributed by atoms with Crippen molar-refractivity contribution in [2.24, 2.45) is 0 Å². The maximum atomic E-state index is 11.7. The molecule has 1 aromatic rings. The van der Waals surface area contributed by atoms with Gasteiger partial charge in [-0.1, -0.05) is 25.5 Å². The van der Waals surface area contributed by atoms with Crippen molar-refractivity contribution in [3.63, 3.8) is 0 Å². The van der Waals surface area contributed by atoms with Crippen molar-refractivity contribution in [2.75, 3.05) is 5.32 Å². The van der Waals surface area contributed by atoms with Gasteiger partial charge in [0.25, 0.3) is 0 Å². The second-order valence-corrected chi connectivity index (χ2v) is 5.31. The molecule has 5 nitrogen and oxygen atoms in total. The molecule has 0 saturated carbocycles. The maximum Gasteiger partial charge on any atom is 0.328 e. The van der Waals surface area contributed by atoms with Crippen molar-refractivity contribution in [1.82, 2.24) is 5.32 Å². The highest BCUT2D eigenvalue weighted by Gasteiger charge is 2.28. The van der Waals surface area contributed by atoms with Crippen molar-refractivity contribution in [1.29, 1.82) is 0 Å². The summed E-state index contributed by atoms with van der Waals surface area (Å²) in [6, 6.07) is 7.04. The summed E-state index contributed by atoms with van der Waals surface area (Å²) < 4.78 is 0. The fourth-order valence-electron chi connectivity index (χ4n) is 1.64. The van der Waals surface area contributed by atoms with E-state index in [9.17, 15) is 9.59 Å². The highest BCUT2D eigenvalue weighted by Crippen LogP contribution is 2.12. The number of hydrogen-bond donors (Lipinski definition) is 3. The van der Waals surface area contributed by atoms with Crippen molar-refractivity contribution < 1.29 is 14.7 Å². The number of carbonyl (C=O) groups is 2. The van der Waals surface area contributed by atoms with Crippen molar-refractivity contribution in [2.45, 2.75) is 45.6 Å². The van der Waals surface area contributed by atoms with E-state index in [0.717, 1.165) is 19.3 Å². The Balaban J connectivity index is 2.56. The van der Waals surface area contributed by atoms with Crippen LogP contribution in [0.2, 0.25) is 0 Å². The lowest BCUT2D eigenvalue weighted by molar-refractivity contribution is -0.142. The van der Waals surface area contributed by atoms with Crippen molar-refractivity contribution in [3.8, 4) is 0 Å². The normalized spacial score (nSPS) is 10.9. The quantitative estimate of drug-likeness (QED) is 0.748. The van der Waals surface area contributed by atoms with Crippen molar-refractivity contribution in [3.05, 3.63) is 29.8 Å². The number of aliphatic carboxylic acids is 1. The zero-order valence-corrected chi connectivity index (χ0v) is 12.2. The van der Waals surface area contributed by atoms with E-state index in [1.807, 2.05) is 24.3 Å². The number of urea groups is 1. The molecular weight excluding hydrogens is 256 g/mol. The van der Waals surface area contributed by atoms with E-state index in [-0.39, 0.29) is 0 Å². The van der Waals surface area contributed by atoms with Crippen LogP contribution >= 0.6 is 0 Å². The molecule has 2 amide bonds. The Morgan fingerprint density at radius 2 is 1.80 bits per heavy atom. The van der Waals surface area contributed by atoms with Crippen molar-refractivity contribution >= 4 is 17.7 Å². The average molecular weight is 278 g/mol. The molecule has 0 fully saturated rings. The van der Waals surface area contributed by atoms with Crippen LogP contribution in [0.15, 0.2) is 24.3 Å². The smallest absolute Gasteiger partial charge is 0.328 e. The fraction of sp³-hybridized carbons (Fsp3) is 0.467. The Kier molecular flexibility index (Phi) is 5.55. The summed E-state index contributed by atoms with van der Waals surface area (Å²) in [6.07, 6.45) is 3.31. The third-order valence-electron chi connectivity index (χ3n) is 2.99. The number of benzene rings is 1. The Morgan fingerprint density at radius 1 is 1.20 bits per heavy atom. The van der Waals surface area contributed by atoms with Crippen LogP contribution in [0.1, 0.15) is 39.2 Å². The first-order valence-corrected chi connectivity index (χ1v) is 6.76. The minimum Gasteiger partial charge on any atom is -0.480 e. The monoisotopic (exact) mass is 278 g/mol. The van der Waals surface area contributed by atoms with E-state index in [4.69, 9.17) is 5.11 Å². The van der Waals surface area contributed by atoms with Crippen LogP contribution in [0.4, 0.5) is 10.5 Å². The van der Waals surface area contributed by atoms with Crippen LogP contribution in [0, 0.1) is 0 Å². The van der Waals surface area contributed by atoms with E-state index >= 15 is 0 Å². The topological polar surface area (TPSA) is 78.4 Å². The van der Waals surface area contributed by atoms with Gasteiger partial charge >= 0.3 is 12.0 Å². The van der Waals surface area contributed by atoms with Crippen LogP contribution in [-0.2, 0) is 11.2 Å². The summed E-state index contributed by atoms with van der Waals surface area (Å²) in [5.74, 6) is -1.08. The molecule has 0 aliphatic heterocycles. The van der Waals surface area contributed by atoms with Gasteiger partial charge in [-0.25, -0.2) is 9.59 Å². The predicted molar refractivity (Wildman–Crippen MR) is 78.9 cm³/mol. The minimum atomic E-state index is -1.30. The largest absolute Gasteiger partial charge is 0.480 e. The molecule has 0 atom stereocenters. The number of rotatable bonds is 6. The van der Waals surface area contributed by atoms with E-state index in [2.05, 4.69) is 17.6 Å². The van der Waals surface area contributed by atoms with E-state index in [1.54, 1.807) is 0 Å². The molecule has 0 radical (unpaired) electrons. The highest BCUT2D eigenvalue weighted by atomic mass is 16.4. The lowest BCUT2D eigenvalue weighted by Crippen LogP contribution is -2.51. The second kappa shape index (κ2) is 6.93. The first-order chi connectivity index (χ1) is 9.35. The Labute approximate surface area is 119 Å². The number of nitrogens with one attached hydrogen (secondary N) is 2. The number of carboxylic acid groups (broad SMARTS) is 1. The van der Waals surface area contributed by atoms with Gasteiger partial charge in [0.2, 0.25) is 0 Å². The van der Waals surface area contributed by atoms with Gasteiger partial charge in [-0.15, -0.1) is 0 Å². The number of carbonyl (C=O) groups excluding carboxylic acids is 1. The molecule has 0 bridgehead atoms. The zero-order valence-electron chi connectivity index (χ0n) is 12.2. The van der Waals surface area contributed by atoms with Crippen LogP contribution in [0.25, 0.3) is 0 Å². The number of amides is 2. The lowest BCUT2D eigenvalue weighted by Gasteiger charge is -2.21. The fourth-order valence-corrected chi connectivity index (χ4v) is 1.64. The number of carboxylic acids is 1. The second-order valence-electron chi connectivity index (χ2n) is 5.31. The minimum absolute atomic E-state index is 0.529. The lowest BCUT2D eigenvalue weighted by atomic mass is 10.1. The van der Waals surface area contributed by atoms with Gasteiger partial charge in [0.05, 0.1) is 0 Å². The molecule has 0 aromatic heterocycles. The average Bonchev–Trinajstić information content (AvgIpc) is 2.37. The summed E-state index contributed by atoms with van der Waals surface area (Å²) in [5, 5.41) is 14.0. The van der Waals surface area contributed by atoms with Gasteiger partial charge in [0.1, 0.15) is 5.54 Å². The predicted octanol–water partition coefficient (Wildman–Crippen LogP) is 3.01. The van der Waals surface area contributed by atoms with E-state index in [0.29, 0.717) is 5.69 Å². The molecule has 0 aliphatic rings. The third kappa shape index (κ3) is 4.91. The number of aryl methyl sites for hydroxylation is 1. The summed E-state index contributed by atoms with van der Waals surface area (Å²) in [5.41, 5.74) is 0.568. The van der Waals surface area contributed by atoms with Gasteiger partial charge in [0, 0.05) is 5.69 Å². The number of unbranched alkanes of at least 4 members (excludes halogenated alkanes) is 1. The highest BCUT2D eigenvalue weighted by molar-refractivity contribution is 5.93. The molecule has 0 unspecified atom stereocenters. The molecule has 0 saturated heterocycles. The van der Waals surface area contributed by atoms with Crippen LogP contribution in [0.5, 0.6) is 0 Å². The molecule has 3 N–H and O–H groups in total. The molecule has 0 heterocycles. The summed E-state index contributed by atoms with van der Waals surface area (Å²) in [4.78, 5) is 22.6. The SMILES string of the molecule is CCCCc1ccc(NC(=O)NC(C)(C)C(=O)O)cc1. The van der Waals surface area contributed by atoms with Gasteiger partial charge in [0.15, 0.2) is 0 Å². The molecule has 110 valence electrons. The van der Waals surface area contributed by atoms with E-state index < -0.39 is 17.5 Å². The first kappa shape index (κ1) is 16.0. The third-order valence-corrected chi connectivity index (χ3v) is 2.99. The van der Waals surface area contributed by atoms with Crippen LogP contribution in [0.3, 0.4) is 0 Å². The Morgan fingerprint density at radius 3 is 2.30 bits per heavy atom. The number of hydrogen-bond acceptors (Lipinski definition) is 2. The maximum absolute atomic E-state index is 11.7. The van der Waals surface area contributed by atoms with Gasteiger partial charge < -0.3 is 15.7 Å². The van der Waals surface area contributed by atoms with Crippen LogP contribution < -0.4 is 10.6 Å². The number of anilines is 1. The summed E-state index contributed by atoms with van der Waals surface area (Å²) >= 11 is 0. The standard InChI is InChI=1S/C15H22N2O3/c1-4-5-6-11-7-9-12(10-8-11)16-14(20)17-15(2,3)13(18)19/h7-10H,4-6H2,1-3H3,(H,18,19)(H2,16,17,20). The van der Waals surface area contributed by atoms with Gasteiger partial charge in [-0.2, -0.15) is 0 Å². The molecule has 0 aliphatic carbocycles. The first-order valence-electron chi connectivity index (χ1n) is 6.76. The van der Waals surface area contributed by atoms with E-state index in [1.165, 1.54) is 19.4 Å². The Hall–Kier alpha value is -2.04.